The Labute approximate surface area is 129 Å². The van der Waals surface area contributed by atoms with Crippen LogP contribution in [0.3, 0.4) is 0 Å². The topological polar surface area (TPSA) is 38.9 Å². The third-order valence-electron chi connectivity index (χ3n) is 2.59. The Morgan fingerprint density at radius 3 is 2.60 bits per heavy atom. The molecule has 1 atom stereocenters. The lowest BCUT2D eigenvalue weighted by atomic mass is 10.1. The molecule has 108 valence electrons. The van der Waals surface area contributed by atoms with Crippen LogP contribution in [0.2, 0.25) is 0 Å². The number of aromatic nitrogens is 2. The van der Waals surface area contributed by atoms with Crippen molar-refractivity contribution in [2.45, 2.75) is 24.3 Å². The fourth-order valence-corrected chi connectivity index (χ4v) is 2.11. The number of benzene rings is 1. The van der Waals surface area contributed by atoms with Gasteiger partial charge in [-0.05, 0) is 40.5 Å². The first-order valence-electron chi connectivity index (χ1n) is 5.67. The van der Waals surface area contributed by atoms with Crippen LogP contribution in [0.4, 0.5) is 13.2 Å². The van der Waals surface area contributed by atoms with Crippen molar-refractivity contribution in [2.75, 3.05) is 0 Å². The van der Waals surface area contributed by atoms with Gasteiger partial charge in [-0.15, -0.1) is 10.2 Å². The first kappa shape index (κ1) is 15.5. The van der Waals surface area contributed by atoms with Crippen LogP contribution < -0.4 is 0 Å². The van der Waals surface area contributed by atoms with Gasteiger partial charge in [0.15, 0.2) is 0 Å². The van der Waals surface area contributed by atoms with E-state index in [0.29, 0.717) is 10.4 Å². The van der Waals surface area contributed by atoms with E-state index in [9.17, 15) is 13.2 Å². The van der Waals surface area contributed by atoms with Crippen LogP contribution in [0.15, 0.2) is 27.1 Å². The summed E-state index contributed by atoms with van der Waals surface area (Å²) in [4.78, 5) is -0.117. The minimum absolute atomic E-state index is 0.0517. The number of alkyl halides is 4. The van der Waals surface area contributed by atoms with Crippen LogP contribution >= 0.6 is 31.9 Å². The second kappa shape index (κ2) is 5.85. The largest absolute Gasteiger partial charge is 0.419 e. The summed E-state index contributed by atoms with van der Waals surface area (Å²) in [6, 6.07) is 3.29. The van der Waals surface area contributed by atoms with Crippen molar-refractivity contribution in [3.63, 3.8) is 0 Å². The van der Waals surface area contributed by atoms with Crippen molar-refractivity contribution in [2.24, 2.45) is 0 Å². The Balaban J connectivity index is 2.44. The minimum Gasteiger partial charge on any atom is -0.419 e. The van der Waals surface area contributed by atoms with Crippen LogP contribution in [0, 0.1) is 0 Å². The number of nitrogens with zero attached hydrogens (tertiary/aromatic N) is 2. The quantitative estimate of drug-likeness (QED) is 0.635. The first-order chi connectivity index (χ1) is 9.32. The molecule has 2 rings (SSSR count). The van der Waals surface area contributed by atoms with E-state index in [0.717, 1.165) is 18.6 Å². The second-order valence-corrected chi connectivity index (χ2v) is 5.97. The summed E-state index contributed by atoms with van der Waals surface area (Å²) in [5.74, 6) is 0.391. The van der Waals surface area contributed by atoms with E-state index in [2.05, 4.69) is 42.1 Å². The molecule has 2 aromatic rings. The molecule has 0 aliphatic rings. The van der Waals surface area contributed by atoms with Crippen molar-refractivity contribution < 1.29 is 17.6 Å². The highest BCUT2D eigenvalue weighted by Crippen LogP contribution is 2.36. The zero-order valence-electron chi connectivity index (χ0n) is 10.2. The molecule has 0 amide bonds. The predicted octanol–water partition coefficient (Wildman–Crippen LogP) is 5.36. The van der Waals surface area contributed by atoms with E-state index in [4.69, 9.17) is 4.42 Å². The summed E-state index contributed by atoms with van der Waals surface area (Å²) in [5.41, 5.74) is -0.546. The van der Waals surface area contributed by atoms with Gasteiger partial charge in [-0.25, -0.2) is 0 Å². The molecule has 0 aliphatic heterocycles. The van der Waals surface area contributed by atoms with Crippen LogP contribution in [0.25, 0.3) is 11.5 Å². The minimum atomic E-state index is -4.42. The summed E-state index contributed by atoms with van der Waals surface area (Å²) >= 11 is 6.54. The summed E-state index contributed by atoms with van der Waals surface area (Å²) in [5, 5.41) is 7.63. The fraction of sp³-hybridized carbons (Fsp3) is 0.333. The molecule has 0 saturated carbocycles. The highest BCUT2D eigenvalue weighted by molar-refractivity contribution is 9.10. The van der Waals surface area contributed by atoms with Crippen molar-refractivity contribution in [1.82, 2.24) is 10.2 Å². The zero-order valence-corrected chi connectivity index (χ0v) is 13.4. The van der Waals surface area contributed by atoms with Crippen LogP contribution in [-0.2, 0) is 6.18 Å². The highest BCUT2D eigenvalue weighted by Gasteiger charge is 2.31. The normalized spacial score (nSPS) is 13.5. The number of hydrogen-bond acceptors (Lipinski definition) is 3. The monoisotopic (exact) mass is 412 g/mol. The third-order valence-corrected chi connectivity index (χ3v) is 4.32. The third kappa shape index (κ3) is 3.22. The molecule has 1 heterocycles. The maximum Gasteiger partial charge on any atom is 0.416 e. The number of halogens is 5. The van der Waals surface area contributed by atoms with Gasteiger partial charge in [0, 0.05) is 4.47 Å². The molecular formula is C12H9Br2F3N2O. The molecule has 0 saturated heterocycles. The van der Waals surface area contributed by atoms with Gasteiger partial charge >= 0.3 is 6.18 Å². The van der Waals surface area contributed by atoms with E-state index in [1.807, 2.05) is 6.92 Å². The van der Waals surface area contributed by atoms with E-state index in [1.54, 1.807) is 0 Å². The van der Waals surface area contributed by atoms with Gasteiger partial charge in [-0.2, -0.15) is 13.2 Å². The van der Waals surface area contributed by atoms with Gasteiger partial charge in [0.2, 0.25) is 11.8 Å². The molecule has 1 aromatic carbocycles. The summed E-state index contributed by atoms with van der Waals surface area (Å²) in [6.45, 7) is 1.92. The molecule has 0 radical (unpaired) electrons. The lowest BCUT2D eigenvalue weighted by molar-refractivity contribution is -0.137. The van der Waals surface area contributed by atoms with E-state index in [-0.39, 0.29) is 16.3 Å². The Kier molecular flexibility index (Phi) is 4.53. The Morgan fingerprint density at radius 2 is 2.00 bits per heavy atom. The maximum atomic E-state index is 12.7. The van der Waals surface area contributed by atoms with E-state index in [1.165, 1.54) is 6.07 Å². The van der Waals surface area contributed by atoms with Gasteiger partial charge in [0.05, 0.1) is 16.0 Å². The van der Waals surface area contributed by atoms with Crippen molar-refractivity contribution in [3.8, 4) is 11.5 Å². The molecule has 0 spiro atoms. The Hall–Kier alpha value is -0.890. The van der Waals surface area contributed by atoms with Crippen molar-refractivity contribution in [1.29, 1.82) is 0 Å². The highest BCUT2D eigenvalue weighted by atomic mass is 79.9. The smallest absolute Gasteiger partial charge is 0.416 e. The first-order valence-corrected chi connectivity index (χ1v) is 7.38. The summed E-state index contributed by atoms with van der Waals surface area (Å²) in [6.07, 6.45) is -3.69. The van der Waals surface area contributed by atoms with Gasteiger partial charge < -0.3 is 4.42 Å². The maximum absolute atomic E-state index is 12.7. The average Bonchev–Trinajstić information content (AvgIpc) is 2.86. The molecule has 20 heavy (non-hydrogen) atoms. The standard InChI is InChI=1S/C12H9Br2F3N2O/c1-2-8(13)11-19-18-10(20-11)7-5-6(12(15,16)17)3-4-9(7)14/h3-5,8H,2H2,1H3. The summed E-state index contributed by atoms with van der Waals surface area (Å²) < 4.78 is 44.0. The molecule has 0 fully saturated rings. The van der Waals surface area contributed by atoms with Crippen molar-refractivity contribution in [3.05, 3.63) is 34.1 Å². The second-order valence-electron chi connectivity index (χ2n) is 4.01. The van der Waals surface area contributed by atoms with E-state index < -0.39 is 11.7 Å². The zero-order chi connectivity index (χ0) is 14.9. The summed E-state index contributed by atoms with van der Waals surface area (Å²) in [7, 11) is 0. The molecule has 8 heteroatoms. The van der Waals surface area contributed by atoms with Gasteiger partial charge in [0.25, 0.3) is 0 Å². The molecular weight excluding hydrogens is 405 g/mol. The van der Waals surface area contributed by atoms with Gasteiger partial charge in [-0.3, -0.25) is 0 Å². The molecule has 0 bridgehead atoms. The average molecular weight is 414 g/mol. The predicted molar refractivity (Wildman–Crippen MR) is 74.4 cm³/mol. The van der Waals surface area contributed by atoms with E-state index >= 15 is 0 Å². The number of hydrogen-bond donors (Lipinski definition) is 0. The SMILES string of the molecule is CCC(Br)c1nnc(-c2cc(C(F)(F)F)ccc2Br)o1. The fourth-order valence-electron chi connectivity index (χ4n) is 1.51. The lowest BCUT2D eigenvalue weighted by Crippen LogP contribution is -2.04. The van der Waals surface area contributed by atoms with Crippen LogP contribution in [0.1, 0.15) is 29.6 Å². The molecule has 1 unspecified atom stereocenters. The Bertz CT molecular complexity index is 613. The molecule has 0 N–H and O–H groups in total. The molecule has 3 nitrogen and oxygen atoms in total. The Morgan fingerprint density at radius 1 is 1.30 bits per heavy atom. The molecule has 0 aliphatic carbocycles. The number of rotatable bonds is 3. The van der Waals surface area contributed by atoms with Crippen molar-refractivity contribution >= 4 is 31.9 Å². The van der Waals surface area contributed by atoms with Gasteiger partial charge in [-0.1, -0.05) is 22.9 Å². The van der Waals surface area contributed by atoms with Gasteiger partial charge in [0.1, 0.15) is 0 Å². The van der Waals surface area contributed by atoms with Crippen LogP contribution in [0.5, 0.6) is 0 Å². The molecule has 1 aromatic heterocycles. The van der Waals surface area contributed by atoms with Crippen LogP contribution in [-0.4, -0.2) is 10.2 Å². The lowest BCUT2D eigenvalue weighted by Gasteiger charge is -2.08.